The maximum Gasteiger partial charge on any atom is 0.0717 e. The van der Waals surface area contributed by atoms with Crippen molar-refractivity contribution in [2.75, 3.05) is 45.9 Å². The van der Waals surface area contributed by atoms with Gasteiger partial charge in [0.25, 0.3) is 0 Å². The molecule has 0 saturated carbocycles. The van der Waals surface area contributed by atoms with Gasteiger partial charge in [0.15, 0.2) is 0 Å². The number of benzene rings is 1. The summed E-state index contributed by atoms with van der Waals surface area (Å²) in [5.74, 6) is 0. The van der Waals surface area contributed by atoms with Crippen LogP contribution in [-0.2, 0) is 11.3 Å². The third-order valence-corrected chi connectivity index (χ3v) is 3.79. The van der Waals surface area contributed by atoms with E-state index >= 15 is 0 Å². The zero-order valence-corrected chi connectivity index (χ0v) is 12.1. The Kier molecular flexibility index (Phi) is 6.34. The third kappa shape index (κ3) is 5.31. The Morgan fingerprint density at radius 2 is 1.74 bits per heavy atom. The number of ether oxygens (including phenoxy) is 1. The fourth-order valence-electron chi connectivity index (χ4n) is 2.52. The first-order chi connectivity index (χ1) is 9.38. The average Bonchev–Trinajstić information content (AvgIpc) is 2.70. The van der Waals surface area contributed by atoms with E-state index in [9.17, 15) is 0 Å². The maximum absolute atomic E-state index is 5.76. The first-order valence-corrected chi connectivity index (χ1v) is 7.45. The van der Waals surface area contributed by atoms with Gasteiger partial charge in [0.2, 0.25) is 0 Å². The van der Waals surface area contributed by atoms with Crippen LogP contribution in [0.4, 0.5) is 0 Å². The molecule has 2 rings (SSSR count). The van der Waals surface area contributed by atoms with Crippen molar-refractivity contribution >= 4 is 0 Å². The Morgan fingerprint density at radius 3 is 2.53 bits per heavy atom. The lowest BCUT2D eigenvalue weighted by Crippen LogP contribution is -2.32. The highest BCUT2D eigenvalue weighted by Crippen LogP contribution is 2.04. The minimum atomic E-state index is 0.732. The monoisotopic (exact) mass is 262 g/mol. The van der Waals surface area contributed by atoms with Crippen LogP contribution in [0.15, 0.2) is 30.3 Å². The van der Waals surface area contributed by atoms with Crippen LogP contribution in [0.5, 0.6) is 0 Å². The number of hydrogen-bond donors (Lipinski definition) is 0. The standard InChI is InChI=1S/C16H26N2O/c1-2-17-9-6-10-18(12-11-17)13-14-19-15-16-7-4-3-5-8-16/h3-5,7-8H,2,6,9-15H2,1H3. The molecule has 3 heteroatoms. The summed E-state index contributed by atoms with van der Waals surface area (Å²) in [5, 5.41) is 0. The topological polar surface area (TPSA) is 15.7 Å². The molecule has 1 aromatic rings. The van der Waals surface area contributed by atoms with E-state index in [1.54, 1.807) is 0 Å². The molecule has 0 atom stereocenters. The Balaban J connectivity index is 1.60. The number of nitrogens with zero attached hydrogens (tertiary/aromatic N) is 2. The molecule has 1 fully saturated rings. The number of hydrogen-bond acceptors (Lipinski definition) is 3. The number of rotatable bonds is 6. The van der Waals surface area contributed by atoms with Crippen LogP contribution >= 0.6 is 0 Å². The van der Waals surface area contributed by atoms with Crippen LogP contribution < -0.4 is 0 Å². The lowest BCUT2D eigenvalue weighted by Gasteiger charge is -2.20. The summed E-state index contributed by atoms with van der Waals surface area (Å²) in [5.41, 5.74) is 1.26. The van der Waals surface area contributed by atoms with E-state index in [0.29, 0.717) is 0 Å². The molecule has 0 aliphatic carbocycles. The van der Waals surface area contributed by atoms with Crippen molar-refractivity contribution in [2.45, 2.75) is 20.0 Å². The molecule has 19 heavy (non-hydrogen) atoms. The minimum absolute atomic E-state index is 0.732. The second-order valence-electron chi connectivity index (χ2n) is 5.17. The van der Waals surface area contributed by atoms with Gasteiger partial charge in [0.1, 0.15) is 0 Å². The van der Waals surface area contributed by atoms with Crippen LogP contribution in [0, 0.1) is 0 Å². The summed E-state index contributed by atoms with van der Waals surface area (Å²) < 4.78 is 5.76. The van der Waals surface area contributed by atoms with Gasteiger partial charge in [-0.3, -0.25) is 4.90 Å². The highest BCUT2D eigenvalue weighted by molar-refractivity contribution is 5.13. The fraction of sp³-hybridized carbons (Fsp3) is 0.625. The zero-order chi connectivity index (χ0) is 13.3. The van der Waals surface area contributed by atoms with E-state index in [2.05, 4.69) is 41.0 Å². The molecular weight excluding hydrogens is 236 g/mol. The molecule has 3 nitrogen and oxygen atoms in total. The molecule has 1 saturated heterocycles. The van der Waals surface area contributed by atoms with Crippen molar-refractivity contribution in [1.29, 1.82) is 0 Å². The van der Waals surface area contributed by atoms with E-state index in [1.165, 1.54) is 44.7 Å². The molecule has 0 spiro atoms. The van der Waals surface area contributed by atoms with E-state index in [-0.39, 0.29) is 0 Å². The fourth-order valence-corrected chi connectivity index (χ4v) is 2.52. The van der Waals surface area contributed by atoms with Crippen LogP contribution in [0.25, 0.3) is 0 Å². The van der Waals surface area contributed by atoms with Crippen molar-refractivity contribution in [3.05, 3.63) is 35.9 Å². The Labute approximate surface area is 117 Å². The predicted octanol–water partition coefficient (Wildman–Crippen LogP) is 2.23. The summed E-state index contributed by atoms with van der Waals surface area (Å²) in [7, 11) is 0. The van der Waals surface area contributed by atoms with Gasteiger partial charge in [-0.2, -0.15) is 0 Å². The quantitative estimate of drug-likeness (QED) is 0.731. The van der Waals surface area contributed by atoms with Crippen molar-refractivity contribution in [3.8, 4) is 0 Å². The molecule has 1 heterocycles. The summed E-state index contributed by atoms with van der Waals surface area (Å²) in [6, 6.07) is 10.4. The van der Waals surface area contributed by atoms with Crippen LogP contribution in [-0.4, -0.2) is 55.7 Å². The van der Waals surface area contributed by atoms with Gasteiger partial charge in [0.05, 0.1) is 13.2 Å². The first kappa shape index (κ1) is 14.5. The maximum atomic E-state index is 5.76. The summed E-state index contributed by atoms with van der Waals surface area (Å²) >= 11 is 0. The van der Waals surface area contributed by atoms with Gasteiger partial charge in [-0.15, -0.1) is 0 Å². The molecule has 1 aliphatic heterocycles. The van der Waals surface area contributed by atoms with Gasteiger partial charge < -0.3 is 9.64 Å². The molecule has 1 aromatic carbocycles. The molecule has 0 unspecified atom stereocenters. The zero-order valence-electron chi connectivity index (χ0n) is 12.1. The first-order valence-electron chi connectivity index (χ1n) is 7.45. The second-order valence-corrected chi connectivity index (χ2v) is 5.17. The van der Waals surface area contributed by atoms with Crippen molar-refractivity contribution < 1.29 is 4.74 Å². The predicted molar refractivity (Wildman–Crippen MR) is 79.3 cm³/mol. The van der Waals surface area contributed by atoms with Gasteiger partial charge in [-0.1, -0.05) is 37.3 Å². The Bertz CT molecular complexity index is 342. The molecule has 0 bridgehead atoms. The SMILES string of the molecule is CCN1CCCN(CCOCc2ccccc2)CC1. The van der Waals surface area contributed by atoms with Gasteiger partial charge in [-0.25, -0.2) is 0 Å². The lowest BCUT2D eigenvalue weighted by molar-refractivity contribution is 0.0935. The van der Waals surface area contributed by atoms with Gasteiger partial charge >= 0.3 is 0 Å². The van der Waals surface area contributed by atoms with E-state index in [1.807, 2.05) is 6.07 Å². The molecule has 0 amide bonds. The molecule has 0 radical (unpaired) electrons. The minimum Gasteiger partial charge on any atom is -0.375 e. The van der Waals surface area contributed by atoms with Gasteiger partial charge in [0, 0.05) is 19.6 Å². The molecule has 106 valence electrons. The van der Waals surface area contributed by atoms with E-state index < -0.39 is 0 Å². The van der Waals surface area contributed by atoms with Crippen LogP contribution in [0.2, 0.25) is 0 Å². The van der Waals surface area contributed by atoms with E-state index in [4.69, 9.17) is 4.74 Å². The summed E-state index contributed by atoms with van der Waals surface area (Å²) in [4.78, 5) is 5.06. The number of likely N-dealkylation sites (N-methyl/N-ethyl adjacent to an activating group) is 1. The second kappa shape index (κ2) is 8.31. The molecule has 1 aliphatic rings. The van der Waals surface area contributed by atoms with Crippen molar-refractivity contribution in [2.24, 2.45) is 0 Å². The molecule has 0 N–H and O–H groups in total. The normalized spacial score (nSPS) is 18.4. The van der Waals surface area contributed by atoms with Crippen LogP contribution in [0.3, 0.4) is 0 Å². The summed E-state index contributed by atoms with van der Waals surface area (Å²) in [6.07, 6.45) is 1.28. The molecular formula is C16H26N2O. The van der Waals surface area contributed by atoms with Crippen LogP contribution in [0.1, 0.15) is 18.9 Å². The highest BCUT2D eigenvalue weighted by Gasteiger charge is 2.12. The lowest BCUT2D eigenvalue weighted by atomic mass is 10.2. The smallest absolute Gasteiger partial charge is 0.0717 e. The summed E-state index contributed by atoms with van der Waals surface area (Å²) in [6.45, 7) is 10.9. The van der Waals surface area contributed by atoms with Crippen molar-refractivity contribution in [1.82, 2.24) is 9.80 Å². The van der Waals surface area contributed by atoms with Gasteiger partial charge in [-0.05, 0) is 31.6 Å². The van der Waals surface area contributed by atoms with Crippen molar-refractivity contribution in [3.63, 3.8) is 0 Å². The Morgan fingerprint density at radius 1 is 1.00 bits per heavy atom. The largest absolute Gasteiger partial charge is 0.375 e. The molecule has 0 aromatic heterocycles. The van der Waals surface area contributed by atoms with E-state index in [0.717, 1.165) is 19.8 Å². The third-order valence-electron chi connectivity index (χ3n) is 3.79. The highest BCUT2D eigenvalue weighted by atomic mass is 16.5. The average molecular weight is 262 g/mol. The Hall–Kier alpha value is -0.900.